The van der Waals surface area contributed by atoms with Crippen LogP contribution in [-0.4, -0.2) is 195 Å². The van der Waals surface area contributed by atoms with Gasteiger partial charge in [-0.3, -0.25) is 74.0 Å². The molecule has 0 spiro atoms. The normalized spacial score (nSPS) is 11.4. The SMILES string of the molecule is CCC(=O)Cc1ccc(-c2cnc3n[nH]c(-c4nc5c(C(=O)N(CC)CC)cncc5[nH]4)c3c2)cn1.CCN(CC)C(=O)c1cncc2[nH]c(-c3[nH]nc4ncc(-c5cncc(NC(=O)C(C)C)c5)cc34)nc12.CCN(CC)C(=O)c1cncc2[nH]c(-c3[nH]nc4ncc(-c5cncc(NC(=O)CC(C)C)c5)cc34)nc12. The molecule has 0 aliphatic rings. The summed E-state index contributed by atoms with van der Waals surface area (Å²) in [6.07, 6.45) is 24.5. The van der Waals surface area contributed by atoms with Gasteiger partial charge in [-0.25, -0.2) is 29.9 Å². The van der Waals surface area contributed by atoms with Crippen LogP contribution in [0.4, 0.5) is 11.4 Å². The van der Waals surface area contributed by atoms with E-state index in [1.54, 1.807) is 101 Å². The Balaban J connectivity index is 0.000000146. The lowest BCUT2D eigenvalue weighted by molar-refractivity contribution is -0.119. The number of hydrogen-bond acceptors (Lipinski definition) is 21. The second kappa shape index (κ2) is 33.1. The van der Waals surface area contributed by atoms with Gasteiger partial charge in [0.25, 0.3) is 17.7 Å². The van der Waals surface area contributed by atoms with Gasteiger partial charge in [-0.1, -0.05) is 40.7 Å². The van der Waals surface area contributed by atoms with Crippen LogP contribution in [0.5, 0.6) is 0 Å². The number of pyridine rings is 9. The van der Waals surface area contributed by atoms with Crippen molar-refractivity contribution in [3.63, 3.8) is 0 Å². The summed E-state index contributed by atoms with van der Waals surface area (Å²) in [4.78, 5) is 144. The molecule has 8 N–H and O–H groups in total. The minimum Gasteiger partial charge on any atom is -0.339 e. The van der Waals surface area contributed by atoms with Gasteiger partial charge in [0.15, 0.2) is 34.4 Å². The van der Waals surface area contributed by atoms with Crippen molar-refractivity contribution in [2.45, 2.75) is 95.4 Å². The molecule has 0 unspecified atom stereocenters. The molecule has 15 aromatic rings. The molecule has 564 valence electrons. The number of amides is 5. The molecular weight excluding hydrogens is 1410 g/mol. The van der Waals surface area contributed by atoms with Crippen molar-refractivity contribution in [1.29, 1.82) is 0 Å². The molecule has 15 aromatic heterocycles. The number of nitrogens with zero attached hydrogens (tertiary/aromatic N) is 18. The van der Waals surface area contributed by atoms with Gasteiger partial charge in [0, 0.05) is 159 Å². The van der Waals surface area contributed by atoms with Crippen molar-refractivity contribution >= 4 is 113 Å². The topological polar surface area (TPSA) is 424 Å². The molecule has 15 rings (SSSR count). The van der Waals surface area contributed by atoms with Gasteiger partial charge < -0.3 is 40.3 Å². The molecule has 5 amide bonds. The Labute approximate surface area is 635 Å². The van der Waals surface area contributed by atoms with Gasteiger partial charge in [-0.2, -0.15) is 15.3 Å². The number of nitrogens with one attached hydrogen (secondary N) is 8. The first-order chi connectivity index (χ1) is 53.8. The lowest BCUT2D eigenvalue weighted by Gasteiger charge is -2.18. The van der Waals surface area contributed by atoms with Gasteiger partial charge in [0.05, 0.1) is 91.8 Å². The summed E-state index contributed by atoms with van der Waals surface area (Å²) in [5.74, 6) is 1.40. The summed E-state index contributed by atoms with van der Waals surface area (Å²) in [7, 11) is 0. The Morgan fingerprint density at radius 2 is 0.766 bits per heavy atom. The third-order valence-electron chi connectivity index (χ3n) is 18.7. The van der Waals surface area contributed by atoms with Gasteiger partial charge in [0.1, 0.15) is 39.4 Å². The van der Waals surface area contributed by atoms with Crippen LogP contribution in [-0.2, 0) is 20.8 Å². The summed E-state index contributed by atoms with van der Waals surface area (Å²) in [5.41, 5.74) is 15.4. The van der Waals surface area contributed by atoms with Crippen molar-refractivity contribution in [1.82, 2.24) is 120 Å². The van der Waals surface area contributed by atoms with Crippen LogP contribution in [0.1, 0.15) is 126 Å². The predicted molar refractivity (Wildman–Crippen MR) is 422 cm³/mol. The highest BCUT2D eigenvalue weighted by Crippen LogP contribution is 2.35. The van der Waals surface area contributed by atoms with Gasteiger partial charge in [0.2, 0.25) is 11.8 Å². The third kappa shape index (κ3) is 16.1. The molecule has 0 saturated heterocycles. The smallest absolute Gasteiger partial charge is 0.257 e. The van der Waals surface area contributed by atoms with E-state index in [2.05, 4.69) is 101 Å². The summed E-state index contributed by atoms with van der Waals surface area (Å²) in [6.45, 7) is 24.8. The Kier molecular flexibility index (Phi) is 22.5. The van der Waals surface area contributed by atoms with E-state index in [0.29, 0.717) is 171 Å². The highest BCUT2D eigenvalue weighted by molar-refractivity contribution is 6.08. The number of aromatic nitrogens is 21. The molecule has 0 fully saturated rings. The molecule has 111 heavy (non-hydrogen) atoms. The number of aromatic amines is 6. The minimum atomic E-state index is -0.142. The first kappa shape index (κ1) is 75.4. The van der Waals surface area contributed by atoms with E-state index < -0.39 is 0 Å². The molecule has 0 aliphatic heterocycles. The second-order valence-electron chi connectivity index (χ2n) is 26.8. The number of anilines is 2. The molecule has 0 aromatic carbocycles. The van der Waals surface area contributed by atoms with Crippen LogP contribution in [0, 0.1) is 11.8 Å². The predicted octanol–water partition coefficient (Wildman–Crippen LogP) is 12.4. The fourth-order valence-electron chi connectivity index (χ4n) is 12.6. The Morgan fingerprint density at radius 1 is 0.405 bits per heavy atom. The summed E-state index contributed by atoms with van der Waals surface area (Å²) in [5, 5.41) is 30.1. The highest BCUT2D eigenvalue weighted by Gasteiger charge is 2.26. The summed E-state index contributed by atoms with van der Waals surface area (Å²) in [6, 6.07) is 13.4. The van der Waals surface area contributed by atoms with Crippen LogP contribution in [0.3, 0.4) is 0 Å². The van der Waals surface area contributed by atoms with Crippen LogP contribution in [0.25, 0.3) is 134 Å². The van der Waals surface area contributed by atoms with E-state index in [9.17, 15) is 28.8 Å². The number of rotatable bonds is 23. The number of hydrogen-bond donors (Lipinski definition) is 8. The van der Waals surface area contributed by atoms with Crippen LogP contribution < -0.4 is 10.6 Å². The van der Waals surface area contributed by atoms with Crippen molar-refractivity contribution in [3.8, 4) is 67.9 Å². The number of imidazole rings is 3. The monoisotopic (exact) mass is 1490 g/mol. The molecule has 0 aliphatic carbocycles. The van der Waals surface area contributed by atoms with E-state index in [1.807, 2.05) is 119 Å². The molecule has 0 bridgehead atoms. The Hall–Kier alpha value is -13.8. The van der Waals surface area contributed by atoms with Gasteiger partial charge >= 0.3 is 0 Å². The Bertz CT molecular complexity index is 5960. The molecule has 0 radical (unpaired) electrons. The number of carbonyl (C=O) groups is 6. The van der Waals surface area contributed by atoms with Gasteiger partial charge in [-0.05, 0) is 83.9 Å². The minimum absolute atomic E-state index is 0.0529. The average Bonchev–Trinajstić information content (AvgIpc) is 1.63. The first-order valence-electron chi connectivity index (χ1n) is 36.7. The summed E-state index contributed by atoms with van der Waals surface area (Å²) >= 11 is 0. The van der Waals surface area contributed by atoms with E-state index in [0.717, 1.165) is 55.2 Å². The maximum Gasteiger partial charge on any atom is 0.257 e. The largest absolute Gasteiger partial charge is 0.339 e. The zero-order valence-corrected chi connectivity index (χ0v) is 63.1. The molecule has 0 atom stereocenters. The number of fused-ring (bicyclic) bond motifs is 6. The molecule has 15 heterocycles. The molecular formula is C79H82N26O6. The second-order valence-corrected chi connectivity index (χ2v) is 26.8. The fraction of sp³-hybridized carbons (Fsp3) is 0.278. The molecule has 32 heteroatoms. The lowest BCUT2D eigenvalue weighted by atomic mass is 10.1. The molecule has 32 nitrogen and oxygen atoms in total. The maximum atomic E-state index is 13.0. The average molecular weight is 1490 g/mol. The van der Waals surface area contributed by atoms with Crippen LogP contribution >= 0.6 is 0 Å². The number of Topliss-reactive ketones (excluding diaryl/α,β-unsaturated/α-hetero) is 1. The standard InChI is InChI=1S/C27H29N9O2.C26H27N9O2.C26H26N8O2/c1-5-36(6-2)27(38)20-13-29-14-21-23(20)33-26(32-21)24-19-9-17(11-30-25(19)35-34-24)16-8-18(12-28-10-16)31-22(37)7-15(3)4;1-5-35(6-2)26(37)19-12-28-13-20-21(19)32-24(31-20)22-18-8-16(10-29-23(18)34-33-22)15-7-17(11-27-9-15)30-25(36)14(3)4;1-4-18(35)10-17-8-7-15(11-28-17)16-9-19-23(32-33-24(19)29-12-16)25-30-21-14-27-13-20(22(21)31-25)26(36)34(5-2)6-3/h8-15H,5-7H2,1-4H3,(H,31,37)(H,32,33)(H,30,34,35);7-14H,5-6H2,1-4H3,(H,30,36)(H,31,32)(H,29,33,34);7-9,11-14H,4-6,10H2,1-3H3,(H,30,31)(H,29,32,33). The van der Waals surface area contributed by atoms with E-state index in [-0.39, 0.29) is 47.2 Å². The Morgan fingerprint density at radius 3 is 1.12 bits per heavy atom. The van der Waals surface area contributed by atoms with Crippen molar-refractivity contribution in [3.05, 3.63) is 152 Å². The zero-order valence-electron chi connectivity index (χ0n) is 63.1. The maximum absolute atomic E-state index is 13.0. The van der Waals surface area contributed by atoms with E-state index in [4.69, 9.17) is 15.0 Å². The van der Waals surface area contributed by atoms with Crippen molar-refractivity contribution in [2.24, 2.45) is 11.8 Å². The first-order valence-corrected chi connectivity index (χ1v) is 36.7. The van der Waals surface area contributed by atoms with Crippen molar-refractivity contribution in [2.75, 3.05) is 49.9 Å². The quantitative estimate of drug-likeness (QED) is 0.0295. The fourth-order valence-corrected chi connectivity index (χ4v) is 12.6. The zero-order chi connectivity index (χ0) is 78.1. The van der Waals surface area contributed by atoms with Gasteiger partial charge in [-0.15, -0.1) is 0 Å². The third-order valence-corrected chi connectivity index (χ3v) is 18.7. The van der Waals surface area contributed by atoms with Crippen LogP contribution in [0.2, 0.25) is 0 Å². The number of ketones is 1. The number of carbonyl (C=O) groups excluding carboxylic acids is 6. The lowest BCUT2D eigenvalue weighted by Crippen LogP contribution is -2.30. The molecule has 0 saturated carbocycles. The number of H-pyrrole nitrogens is 6. The van der Waals surface area contributed by atoms with E-state index in [1.165, 1.54) is 0 Å². The van der Waals surface area contributed by atoms with E-state index >= 15 is 0 Å². The van der Waals surface area contributed by atoms with Crippen molar-refractivity contribution < 1.29 is 28.8 Å². The highest BCUT2D eigenvalue weighted by atomic mass is 16.2. The summed E-state index contributed by atoms with van der Waals surface area (Å²) < 4.78 is 0. The van der Waals surface area contributed by atoms with Crippen LogP contribution in [0.15, 0.2) is 129 Å².